The van der Waals surface area contributed by atoms with Gasteiger partial charge in [-0.25, -0.2) is 0 Å². The van der Waals surface area contributed by atoms with Crippen LogP contribution in [0.2, 0.25) is 0 Å². The SMILES string of the molecule is CC(C)(CN)C1(O)CC2CC1C1CCCC21. The van der Waals surface area contributed by atoms with E-state index in [1.807, 2.05) is 0 Å². The molecule has 0 heterocycles. The van der Waals surface area contributed by atoms with Crippen molar-refractivity contribution in [2.75, 3.05) is 6.54 Å². The second-order valence-electron chi connectivity index (χ2n) is 7.08. The molecule has 0 radical (unpaired) electrons. The van der Waals surface area contributed by atoms with Crippen molar-refractivity contribution in [2.24, 2.45) is 34.8 Å². The molecule has 0 aliphatic heterocycles. The maximum Gasteiger partial charge on any atom is 0.0744 e. The van der Waals surface area contributed by atoms with Crippen molar-refractivity contribution in [3.05, 3.63) is 0 Å². The van der Waals surface area contributed by atoms with E-state index in [1.165, 1.54) is 25.7 Å². The first-order chi connectivity index (χ1) is 7.49. The zero-order chi connectivity index (χ0) is 11.6. The van der Waals surface area contributed by atoms with Crippen LogP contribution in [0.4, 0.5) is 0 Å². The molecule has 3 saturated carbocycles. The first-order valence-corrected chi connectivity index (χ1v) is 6.92. The fourth-order valence-electron chi connectivity index (χ4n) is 5.07. The van der Waals surface area contributed by atoms with E-state index in [2.05, 4.69) is 13.8 Å². The summed E-state index contributed by atoms with van der Waals surface area (Å²) in [6.07, 6.45) is 6.46. The Morgan fingerprint density at radius 2 is 2.00 bits per heavy atom. The van der Waals surface area contributed by atoms with Crippen LogP contribution < -0.4 is 5.73 Å². The van der Waals surface area contributed by atoms with Gasteiger partial charge in [0.15, 0.2) is 0 Å². The summed E-state index contributed by atoms with van der Waals surface area (Å²) in [5.74, 6) is 3.10. The largest absolute Gasteiger partial charge is 0.389 e. The second-order valence-corrected chi connectivity index (χ2v) is 7.08. The van der Waals surface area contributed by atoms with Crippen LogP contribution >= 0.6 is 0 Å². The van der Waals surface area contributed by atoms with E-state index in [-0.39, 0.29) is 5.41 Å². The quantitative estimate of drug-likeness (QED) is 0.753. The number of nitrogens with two attached hydrogens (primary N) is 1. The molecule has 5 atom stereocenters. The Morgan fingerprint density at radius 1 is 1.31 bits per heavy atom. The molecular formula is C14H25NO. The standard InChI is InChI=1S/C14H25NO/c1-13(2,8-15)14(16)7-9-6-12(14)11-5-3-4-10(9)11/h9-12,16H,3-8,15H2,1-2H3. The Balaban J connectivity index is 1.91. The normalized spacial score (nSPS) is 51.0. The molecule has 92 valence electrons. The van der Waals surface area contributed by atoms with E-state index < -0.39 is 5.60 Å². The summed E-state index contributed by atoms with van der Waals surface area (Å²) >= 11 is 0. The molecule has 0 aromatic carbocycles. The molecule has 0 spiro atoms. The van der Waals surface area contributed by atoms with E-state index in [0.29, 0.717) is 12.5 Å². The summed E-state index contributed by atoms with van der Waals surface area (Å²) in [6, 6.07) is 0. The number of rotatable bonds is 2. The van der Waals surface area contributed by atoms with E-state index in [4.69, 9.17) is 5.73 Å². The van der Waals surface area contributed by atoms with Crippen molar-refractivity contribution in [1.82, 2.24) is 0 Å². The first kappa shape index (κ1) is 11.0. The maximum absolute atomic E-state index is 11.1. The second kappa shape index (κ2) is 3.23. The van der Waals surface area contributed by atoms with Crippen molar-refractivity contribution in [3.8, 4) is 0 Å². The monoisotopic (exact) mass is 223 g/mol. The highest BCUT2D eigenvalue weighted by molar-refractivity contribution is 5.14. The van der Waals surface area contributed by atoms with Crippen LogP contribution in [0.5, 0.6) is 0 Å². The minimum absolute atomic E-state index is 0.111. The summed E-state index contributed by atoms with van der Waals surface area (Å²) in [6.45, 7) is 4.90. The Labute approximate surface area is 98.6 Å². The third kappa shape index (κ3) is 1.15. The average molecular weight is 223 g/mol. The fourth-order valence-corrected chi connectivity index (χ4v) is 5.07. The highest BCUT2D eigenvalue weighted by Gasteiger charge is 2.64. The van der Waals surface area contributed by atoms with Crippen molar-refractivity contribution >= 4 is 0 Å². The molecule has 16 heavy (non-hydrogen) atoms. The van der Waals surface area contributed by atoms with Gasteiger partial charge in [-0.05, 0) is 49.4 Å². The summed E-state index contributed by atoms with van der Waals surface area (Å²) in [7, 11) is 0. The van der Waals surface area contributed by atoms with Gasteiger partial charge in [-0.3, -0.25) is 0 Å². The molecule has 3 aliphatic rings. The van der Waals surface area contributed by atoms with Crippen LogP contribution in [0.15, 0.2) is 0 Å². The molecule has 5 unspecified atom stereocenters. The van der Waals surface area contributed by atoms with E-state index in [9.17, 15) is 5.11 Å². The van der Waals surface area contributed by atoms with Crippen molar-refractivity contribution in [1.29, 1.82) is 0 Å². The van der Waals surface area contributed by atoms with Gasteiger partial charge < -0.3 is 10.8 Å². The summed E-state index contributed by atoms with van der Waals surface area (Å²) in [4.78, 5) is 0. The molecule has 3 rings (SSSR count). The maximum atomic E-state index is 11.1. The lowest BCUT2D eigenvalue weighted by Crippen LogP contribution is -2.55. The predicted octanol–water partition coefficient (Wildman–Crippen LogP) is 2.16. The Bertz CT molecular complexity index is 301. The Hall–Kier alpha value is -0.0800. The van der Waals surface area contributed by atoms with Gasteiger partial charge in [-0.1, -0.05) is 20.3 Å². The Morgan fingerprint density at radius 3 is 2.69 bits per heavy atom. The van der Waals surface area contributed by atoms with E-state index >= 15 is 0 Å². The lowest BCUT2D eigenvalue weighted by molar-refractivity contribution is -0.125. The summed E-state index contributed by atoms with van der Waals surface area (Å²) < 4.78 is 0. The molecule has 0 aromatic heterocycles. The minimum Gasteiger partial charge on any atom is -0.389 e. The van der Waals surface area contributed by atoms with Crippen molar-refractivity contribution in [3.63, 3.8) is 0 Å². The number of aliphatic hydroxyl groups is 1. The van der Waals surface area contributed by atoms with Gasteiger partial charge in [-0.2, -0.15) is 0 Å². The average Bonchev–Trinajstić information content (AvgIpc) is 2.86. The zero-order valence-electron chi connectivity index (χ0n) is 10.6. The number of hydrogen-bond donors (Lipinski definition) is 2. The molecule has 3 fully saturated rings. The number of hydrogen-bond acceptors (Lipinski definition) is 2. The summed E-state index contributed by atoms with van der Waals surface area (Å²) in [5.41, 5.74) is 5.29. The van der Waals surface area contributed by atoms with Crippen LogP contribution in [-0.4, -0.2) is 17.3 Å². The minimum atomic E-state index is -0.474. The first-order valence-electron chi connectivity index (χ1n) is 6.92. The van der Waals surface area contributed by atoms with Crippen molar-refractivity contribution < 1.29 is 5.11 Å². The van der Waals surface area contributed by atoms with Gasteiger partial charge in [0.25, 0.3) is 0 Å². The lowest BCUT2D eigenvalue weighted by Gasteiger charge is -2.48. The van der Waals surface area contributed by atoms with Crippen LogP contribution in [0.25, 0.3) is 0 Å². The van der Waals surface area contributed by atoms with Gasteiger partial charge in [0.2, 0.25) is 0 Å². The molecule has 3 N–H and O–H groups in total. The van der Waals surface area contributed by atoms with E-state index in [1.54, 1.807) is 0 Å². The van der Waals surface area contributed by atoms with Crippen molar-refractivity contribution in [2.45, 2.75) is 51.6 Å². The van der Waals surface area contributed by atoms with Crippen LogP contribution in [0.3, 0.4) is 0 Å². The smallest absolute Gasteiger partial charge is 0.0744 e. The topological polar surface area (TPSA) is 46.2 Å². The molecule has 2 nitrogen and oxygen atoms in total. The summed E-state index contributed by atoms with van der Waals surface area (Å²) in [5, 5.41) is 11.1. The third-order valence-electron chi connectivity index (χ3n) is 6.17. The van der Waals surface area contributed by atoms with Gasteiger partial charge >= 0.3 is 0 Å². The van der Waals surface area contributed by atoms with Crippen LogP contribution in [0.1, 0.15) is 46.0 Å². The predicted molar refractivity (Wildman–Crippen MR) is 64.8 cm³/mol. The third-order valence-corrected chi connectivity index (χ3v) is 6.17. The van der Waals surface area contributed by atoms with Crippen LogP contribution in [-0.2, 0) is 0 Å². The molecule has 0 aromatic rings. The molecule has 2 heteroatoms. The van der Waals surface area contributed by atoms with Gasteiger partial charge in [0.05, 0.1) is 5.60 Å². The zero-order valence-corrected chi connectivity index (χ0v) is 10.6. The van der Waals surface area contributed by atoms with Crippen LogP contribution in [0, 0.1) is 29.1 Å². The Kier molecular flexibility index (Phi) is 2.23. The van der Waals surface area contributed by atoms with Gasteiger partial charge in [0, 0.05) is 12.0 Å². The highest BCUT2D eigenvalue weighted by atomic mass is 16.3. The lowest BCUT2D eigenvalue weighted by atomic mass is 9.62. The molecular weight excluding hydrogens is 198 g/mol. The van der Waals surface area contributed by atoms with Gasteiger partial charge in [-0.15, -0.1) is 0 Å². The highest BCUT2D eigenvalue weighted by Crippen LogP contribution is 2.65. The van der Waals surface area contributed by atoms with Gasteiger partial charge in [0.1, 0.15) is 0 Å². The molecule has 3 aliphatic carbocycles. The molecule has 0 saturated heterocycles. The molecule has 2 bridgehead atoms. The van der Waals surface area contributed by atoms with E-state index in [0.717, 1.165) is 24.2 Å². The fraction of sp³-hybridized carbons (Fsp3) is 1.00. The number of fused-ring (bicyclic) bond motifs is 5. The molecule has 0 amide bonds.